The molecule has 4 rings (SSSR count). The summed E-state index contributed by atoms with van der Waals surface area (Å²) >= 11 is 6.67. The van der Waals surface area contributed by atoms with Gasteiger partial charge in [0.25, 0.3) is 0 Å². The van der Waals surface area contributed by atoms with Crippen molar-refractivity contribution in [1.82, 2.24) is 14.6 Å². The summed E-state index contributed by atoms with van der Waals surface area (Å²) in [6.07, 6.45) is -4.59. The van der Waals surface area contributed by atoms with Crippen molar-refractivity contribution in [3.63, 3.8) is 0 Å². The molecule has 0 bridgehead atoms. The zero-order valence-electron chi connectivity index (χ0n) is 15.6. The molecule has 0 saturated heterocycles. The molecule has 0 radical (unpaired) electrons. The van der Waals surface area contributed by atoms with Crippen LogP contribution >= 0.6 is 22.9 Å². The highest BCUT2D eigenvalue weighted by Gasteiger charge is 2.36. The van der Waals surface area contributed by atoms with Gasteiger partial charge in [0, 0.05) is 24.1 Å². The van der Waals surface area contributed by atoms with Gasteiger partial charge < -0.3 is 5.32 Å². The van der Waals surface area contributed by atoms with E-state index >= 15 is 0 Å². The Morgan fingerprint density at radius 2 is 1.84 bits per heavy atom. The van der Waals surface area contributed by atoms with Crippen LogP contribution in [-0.2, 0) is 17.4 Å². The van der Waals surface area contributed by atoms with Crippen molar-refractivity contribution in [3.8, 4) is 11.3 Å². The van der Waals surface area contributed by atoms with E-state index in [0.29, 0.717) is 39.0 Å². The number of rotatable bonds is 5. The SMILES string of the molecule is O=C(CCc1c(-c2ccccc2Cl)nc2sc(C(F)(F)F)nn12)Nc1ccc(F)cc1. The average molecular weight is 469 g/mol. The van der Waals surface area contributed by atoms with E-state index in [1.54, 1.807) is 24.3 Å². The zero-order chi connectivity index (χ0) is 22.2. The van der Waals surface area contributed by atoms with Gasteiger partial charge in [0.1, 0.15) is 5.82 Å². The van der Waals surface area contributed by atoms with Crippen LogP contribution in [-0.4, -0.2) is 20.5 Å². The van der Waals surface area contributed by atoms with Gasteiger partial charge in [0.15, 0.2) is 0 Å². The summed E-state index contributed by atoms with van der Waals surface area (Å²) in [5.41, 5.74) is 1.64. The van der Waals surface area contributed by atoms with Crippen LogP contribution in [0, 0.1) is 5.82 Å². The summed E-state index contributed by atoms with van der Waals surface area (Å²) in [6.45, 7) is 0. The van der Waals surface area contributed by atoms with Crippen molar-refractivity contribution in [2.75, 3.05) is 5.32 Å². The lowest BCUT2D eigenvalue weighted by Crippen LogP contribution is -2.13. The lowest BCUT2D eigenvalue weighted by Gasteiger charge is -2.07. The van der Waals surface area contributed by atoms with Crippen molar-refractivity contribution in [2.45, 2.75) is 19.0 Å². The van der Waals surface area contributed by atoms with Crippen LogP contribution in [0.1, 0.15) is 17.1 Å². The smallest absolute Gasteiger partial charge is 0.326 e. The molecular formula is C20H13ClF4N4OS. The Labute approximate surface area is 182 Å². The second-order valence-corrected chi connectivity index (χ2v) is 7.90. The monoisotopic (exact) mass is 468 g/mol. The predicted molar refractivity (Wildman–Crippen MR) is 110 cm³/mol. The van der Waals surface area contributed by atoms with Gasteiger partial charge in [-0.3, -0.25) is 4.79 Å². The summed E-state index contributed by atoms with van der Waals surface area (Å²) < 4.78 is 53.4. The molecule has 2 aromatic carbocycles. The van der Waals surface area contributed by atoms with Gasteiger partial charge in [-0.25, -0.2) is 13.9 Å². The Morgan fingerprint density at radius 3 is 2.52 bits per heavy atom. The van der Waals surface area contributed by atoms with E-state index in [2.05, 4.69) is 15.4 Å². The molecule has 0 spiro atoms. The Kier molecular flexibility index (Phi) is 5.67. The molecule has 0 saturated carbocycles. The minimum absolute atomic E-state index is 0.0520. The molecule has 1 amide bonds. The molecular weight excluding hydrogens is 456 g/mol. The number of benzene rings is 2. The fourth-order valence-corrected chi connectivity index (χ4v) is 4.00. The summed E-state index contributed by atoms with van der Waals surface area (Å²) in [5.74, 6) is -0.828. The number of hydrogen-bond acceptors (Lipinski definition) is 4. The van der Waals surface area contributed by atoms with Crippen molar-refractivity contribution in [2.24, 2.45) is 0 Å². The number of alkyl halides is 3. The number of carbonyl (C=O) groups excluding carboxylic acids is 1. The number of aryl methyl sites for hydroxylation is 1. The van der Waals surface area contributed by atoms with Crippen molar-refractivity contribution in [1.29, 1.82) is 0 Å². The number of carbonyl (C=O) groups is 1. The Morgan fingerprint density at radius 1 is 1.13 bits per heavy atom. The van der Waals surface area contributed by atoms with Crippen molar-refractivity contribution >= 4 is 39.5 Å². The maximum atomic E-state index is 13.1. The van der Waals surface area contributed by atoms with E-state index in [0.717, 1.165) is 4.52 Å². The van der Waals surface area contributed by atoms with Crippen LogP contribution in [0.4, 0.5) is 23.2 Å². The first-order valence-corrected chi connectivity index (χ1v) is 10.2. The molecule has 2 heterocycles. The number of imidazole rings is 1. The van der Waals surface area contributed by atoms with Crippen LogP contribution < -0.4 is 5.32 Å². The zero-order valence-corrected chi connectivity index (χ0v) is 17.2. The molecule has 5 nitrogen and oxygen atoms in total. The molecule has 0 aliphatic heterocycles. The largest absolute Gasteiger partial charge is 0.445 e. The summed E-state index contributed by atoms with van der Waals surface area (Å²) in [5, 5.41) is 5.63. The van der Waals surface area contributed by atoms with Crippen LogP contribution in [0.3, 0.4) is 0 Å². The topological polar surface area (TPSA) is 59.3 Å². The molecule has 0 aliphatic rings. The van der Waals surface area contributed by atoms with E-state index in [-0.39, 0.29) is 17.8 Å². The van der Waals surface area contributed by atoms with Crippen LogP contribution in [0.25, 0.3) is 16.2 Å². The molecule has 31 heavy (non-hydrogen) atoms. The van der Waals surface area contributed by atoms with Crippen molar-refractivity contribution < 1.29 is 22.4 Å². The third-order valence-corrected chi connectivity index (χ3v) is 5.67. The van der Waals surface area contributed by atoms with Crippen LogP contribution in [0.15, 0.2) is 48.5 Å². The highest BCUT2D eigenvalue weighted by molar-refractivity contribution is 7.16. The highest BCUT2D eigenvalue weighted by atomic mass is 35.5. The second-order valence-electron chi connectivity index (χ2n) is 6.54. The van der Waals surface area contributed by atoms with E-state index in [9.17, 15) is 22.4 Å². The molecule has 160 valence electrons. The molecule has 0 fully saturated rings. The number of amides is 1. The van der Waals surface area contributed by atoms with Gasteiger partial charge in [-0.05, 0) is 30.3 Å². The molecule has 2 aromatic heterocycles. The first-order valence-electron chi connectivity index (χ1n) is 8.98. The Hall–Kier alpha value is -2.98. The predicted octanol–water partition coefficient (Wildman–Crippen LogP) is 5.84. The van der Waals surface area contributed by atoms with Crippen LogP contribution in [0.2, 0.25) is 5.02 Å². The van der Waals surface area contributed by atoms with Gasteiger partial charge in [-0.1, -0.05) is 41.1 Å². The van der Waals surface area contributed by atoms with E-state index in [1.807, 2.05) is 0 Å². The first-order chi connectivity index (χ1) is 14.7. The highest BCUT2D eigenvalue weighted by Crippen LogP contribution is 2.36. The van der Waals surface area contributed by atoms with Crippen molar-refractivity contribution in [3.05, 3.63) is 70.1 Å². The number of anilines is 1. The fraction of sp³-hybridized carbons (Fsp3) is 0.150. The summed E-state index contributed by atoms with van der Waals surface area (Å²) in [7, 11) is 0. The minimum Gasteiger partial charge on any atom is -0.326 e. The molecule has 4 aromatic rings. The number of nitrogens with one attached hydrogen (secondary N) is 1. The maximum absolute atomic E-state index is 13.1. The lowest BCUT2D eigenvalue weighted by molar-refractivity contribution is -0.138. The van der Waals surface area contributed by atoms with Gasteiger partial charge in [0.2, 0.25) is 15.9 Å². The first kappa shape index (κ1) is 21.3. The van der Waals surface area contributed by atoms with Gasteiger partial charge in [-0.15, -0.1) is 5.10 Å². The Bertz CT molecular complexity index is 1250. The van der Waals surface area contributed by atoms with E-state index in [4.69, 9.17) is 11.6 Å². The number of hydrogen-bond donors (Lipinski definition) is 1. The van der Waals surface area contributed by atoms with E-state index < -0.39 is 22.9 Å². The molecule has 0 atom stereocenters. The number of aromatic nitrogens is 3. The summed E-state index contributed by atoms with van der Waals surface area (Å²) in [4.78, 5) is 16.7. The standard InChI is InChI=1S/C20H13ClF4N4OS/c21-14-4-2-1-3-13(14)17-15(29-19(27-17)31-18(28-29)20(23,24)25)9-10-16(30)26-12-7-5-11(22)6-8-12/h1-8H,9-10H2,(H,26,30). The molecule has 0 aliphatic carbocycles. The molecule has 1 N–H and O–H groups in total. The third-order valence-electron chi connectivity index (χ3n) is 4.38. The lowest BCUT2D eigenvalue weighted by atomic mass is 10.1. The third kappa shape index (κ3) is 4.54. The number of nitrogens with zero attached hydrogens (tertiary/aromatic N) is 3. The van der Waals surface area contributed by atoms with E-state index in [1.165, 1.54) is 24.3 Å². The minimum atomic E-state index is -4.60. The van der Waals surface area contributed by atoms with Gasteiger partial charge >= 0.3 is 6.18 Å². The number of halogens is 5. The van der Waals surface area contributed by atoms with Gasteiger partial charge in [0.05, 0.1) is 16.4 Å². The molecule has 11 heteroatoms. The Balaban J connectivity index is 1.65. The van der Waals surface area contributed by atoms with Crippen LogP contribution in [0.5, 0.6) is 0 Å². The molecule has 0 unspecified atom stereocenters. The number of fused-ring (bicyclic) bond motifs is 1. The normalized spacial score (nSPS) is 11.8. The summed E-state index contributed by atoms with van der Waals surface area (Å²) in [6, 6.07) is 12.0. The maximum Gasteiger partial charge on any atom is 0.445 e. The van der Waals surface area contributed by atoms with Gasteiger partial charge in [-0.2, -0.15) is 13.2 Å². The quantitative estimate of drug-likeness (QED) is 0.374. The average Bonchev–Trinajstić information content (AvgIpc) is 3.27. The fourth-order valence-electron chi connectivity index (χ4n) is 2.99. The second kappa shape index (κ2) is 8.27.